The van der Waals surface area contributed by atoms with E-state index < -0.39 is 31.3 Å². The number of hydrogen-bond acceptors (Lipinski definition) is 5. The number of benzene rings is 1. The van der Waals surface area contributed by atoms with Gasteiger partial charge in [-0.15, -0.1) is 0 Å². The van der Waals surface area contributed by atoms with Crippen LogP contribution in [0.25, 0.3) is 0 Å². The minimum atomic E-state index is -3.96. The zero-order valence-corrected chi connectivity index (χ0v) is 11.4. The topological polar surface area (TPSA) is 92.5 Å². The Morgan fingerprint density at radius 2 is 2.05 bits per heavy atom. The molecule has 0 unspecified atom stereocenters. The summed E-state index contributed by atoms with van der Waals surface area (Å²) in [5.74, 6) is -1.10. The van der Waals surface area contributed by atoms with E-state index in [1.165, 1.54) is 4.31 Å². The molecule has 110 valence electrons. The molecule has 7 nitrogen and oxygen atoms in total. The number of nitrogens with zero attached hydrogens (tertiary/aromatic N) is 2. The third-order valence-corrected chi connectivity index (χ3v) is 4.98. The fourth-order valence-electron chi connectivity index (χ4n) is 2.01. The lowest BCUT2D eigenvalue weighted by Crippen LogP contribution is -2.34. The largest absolute Gasteiger partial charge is 0.315 e. The molecule has 1 aromatic rings. The third kappa shape index (κ3) is 2.94. The molecule has 1 N–H and O–H groups in total. The summed E-state index contributed by atoms with van der Waals surface area (Å²) in [6.07, 6.45) is 0.633. The van der Waals surface area contributed by atoms with Crippen LogP contribution in [0.15, 0.2) is 23.1 Å². The highest BCUT2D eigenvalue weighted by atomic mass is 32.2. The van der Waals surface area contributed by atoms with Crippen molar-refractivity contribution in [2.24, 2.45) is 0 Å². The number of nitro benzene ring substituents is 1. The number of sulfonamides is 1. The molecule has 0 aliphatic carbocycles. The third-order valence-electron chi connectivity index (χ3n) is 3.04. The lowest BCUT2D eigenvalue weighted by atomic mass is 10.3. The van der Waals surface area contributed by atoms with E-state index in [9.17, 15) is 22.9 Å². The van der Waals surface area contributed by atoms with Crippen LogP contribution in [0.1, 0.15) is 6.42 Å². The van der Waals surface area contributed by atoms with Crippen LogP contribution in [-0.2, 0) is 10.0 Å². The predicted octanol–water partition coefficient (Wildman–Crippen LogP) is 0.718. The Labute approximate surface area is 115 Å². The van der Waals surface area contributed by atoms with Crippen molar-refractivity contribution in [1.29, 1.82) is 0 Å². The zero-order chi connectivity index (χ0) is 14.8. The first-order valence-corrected chi connectivity index (χ1v) is 7.52. The minimum absolute atomic E-state index is 0.249. The molecule has 2 rings (SSSR count). The standard InChI is InChI=1S/C11H14FN3O4S/c12-10-8-9(15(16)17)2-3-11(10)20(18,19)14-6-1-4-13-5-7-14/h2-3,8,13H,1,4-7H2. The van der Waals surface area contributed by atoms with Crippen LogP contribution in [-0.4, -0.2) is 43.8 Å². The van der Waals surface area contributed by atoms with E-state index in [-0.39, 0.29) is 6.54 Å². The Kier molecular flexibility index (Phi) is 4.31. The molecule has 0 atom stereocenters. The zero-order valence-electron chi connectivity index (χ0n) is 10.6. The molecule has 1 heterocycles. The van der Waals surface area contributed by atoms with Gasteiger partial charge in [0.05, 0.1) is 11.0 Å². The second-order valence-electron chi connectivity index (χ2n) is 4.38. The SMILES string of the molecule is O=[N+]([O-])c1ccc(S(=O)(=O)N2CCCNCC2)c(F)c1. The van der Waals surface area contributed by atoms with Gasteiger partial charge in [-0.1, -0.05) is 0 Å². The fraction of sp³-hybridized carbons (Fsp3) is 0.455. The Bertz CT molecular complexity index is 612. The normalized spacial score (nSPS) is 17.6. The number of rotatable bonds is 3. The summed E-state index contributed by atoms with van der Waals surface area (Å²) in [7, 11) is -3.96. The van der Waals surface area contributed by atoms with Gasteiger partial charge in [-0.3, -0.25) is 10.1 Å². The van der Waals surface area contributed by atoms with Gasteiger partial charge in [-0.25, -0.2) is 12.8 Å². The quantitative estimate of drug-likeness (QED) is 0.656. The molecule has 0 aromatic heterocycles. The second kappa shape index (κ2) is 5.81. The molecular weight excluding hydrogens is 289 g/mol. The number of nitro groups is 1. The van der Waals surface area contributed by atoms with Crippen molar-refractivity contribution in [3.8, 4) is 0 Å². The van der Waals surface area contributed by atoms with Crippen molar-refractivity contribution in [1.82, 2.24) is 9.62 Å². The van der Waals surface area contributed by atoms with Crippen molar-refractivity contribution in [3.63, 3.8) is 0 Å². The average Bonchev–Trinajstić information content (AvgIpc) is 2.67. The van der Waals surface area contributed by atoms with Crippen LogP contribution in [0.2, 0.25) is 0 Å². The van der Waals surface area contributed by atoms with Crippen LogP contribution in [0.3, 0.4) is 0 Å². The molecule has 1 aromatic carbocycles. The van der Waals surface area contributed by atoms with E-state index in [0.29, 0.717) is 32.1 Å². The molecule has 1 fully saturated rings. The Morgan fingerprint density at radius 3 is 2.70 bits per heavy atom. The number of non-ortho nitro benzene ring substituents is 1. The van der Waals surface area contributed by atoms with E-state index in [4.69, 9.17) is 0 Å². The molecule has 1 aliphatic heterocycles. The van der Waals surface area contributed by atoms with Gasteiger partial charge < -0.3 is 5.32 Å². The first-order valence-electron chi connectivity index (χ1n) is 6.08. The summed E-state index contributed by atoms with van der Waals surface area (Å²) in [4.78, 5) is 9.24. The van der Waals surface area contributed by atoms with Gasteiger partial charge in [0.25, 0.3) is 5.69 Å². The molecular formula is C11H14FN3O4S. The molecule has 0 amide bonds. The second-order valence-corrected chi connectivity index (χ2v) is 6.29. The smallest absolute Gasteiger partial charge is 0.272 e. The monoisotopic (exact) mass is 303 g/mol. The van der Waals surface area contributed by atoms with E-state index in [1.54, 1.807) is 0 Å². The van der Waals surface area contributed by atoms with Crippen LogP contribution in [0, 0.1) is 15.9 Å². The molecule has 0 spiro atoms. The maximum Gasteiger partial charge on any atom is 0.272 e. The van der Waals surface area contributed by atoms with Gasteiger partial charge in [0.1, 0.15) is 10.7 Å². The molecule has 0 saturated carbocycles. The molecule has 0 radical (unpaired) electrons. The van der Waals surface area contributed by atoms with Crippen LogP contribution in [0.4, 0.5) is 10.1 Å². The molecule has 9 heteroatoms. The summed E-state index contributed by atoms with van der Waals surface area (Å²) < 4.78 is 39.7. The highest BCUT2D eigenvalue weighted by Crippen LogP contribution is 2.23. The van der Waals surface area contributed by atoms with Gasteiger partial charge in [-0.2, -0.15) is 4.31 Å². The van der Waals surface area contributed by atoms with Gasteiger partial charge in [0.15, 0.2) is 0 Å². The van der Waals surface area contributed by atoms with Gasteiger partial charge >= 0.3 is 0 Å². The van der Waals surface area contributed by atoms with Gasteiger partial charge in [0.2, 0.25) is 10.0 Å². The van der Waals surface area contributed by atoms with Crippen LogP contribution < -0.4 is 5.32 Å². The average molecular weight is 303 g/mol. The highest BCUT2D eigenvalue weighted by molar-refractivity contribution is 7.89. The van der Waals surface area contributed by atoms with Crippen molar-refractivity contribution in [3.05, 3.63) is 34.1 Å². The van der Waals surface area contributed by atoms with E-state index >= 15 is 0 Å². The van der Waals surface area contributed by atoms with Crippen LogP contribution >= 0.6 is 0 Å². The first-order chi connectivity index (χ1) is 9.43. The van der Waals surface area contributed by atoms with Crippen molar-refractivity contribution in [2.45, 2.75) is 11.3 Å². The number of halogens is 1. The summed E-state index contributed by atoms with van der Waals surface area (Å²) in [6, 6.07) is 2.57. The highest BCUT2D eigenvalue weighted by Gasteiger charge is 2.28. The summed E-state index contributed by atoms with van der Waals surface area (Å²) in [6.45, 7) is 1.74. The molecule has 1 aliphatic rings. The molecule has 0 bridgehead atoms. The lowest BCUT2D eigenvalue weighted by molar-refractivity contribution is -0.385. The summed E-state index contributed by atoms with van der Waals surface area (Å²) in [5, 5.41) is 13.6. The van der Waals surface area contributed by atoms with Crippen molar-refractivity contribution < 1.29 is 17.7 Å². The van der Waals surface area contributed by atoms with Crippen molar-refractivity contribution >= 4 is 15.7 Å². The van der Waals surface area contributed by atoms with Crippen molar-refractivity contribution in [2.75, 3.05) is 26.2 Å². The Hall–Kier alpha value is -1.58. The first kappa shape index (κ1) is 14.8. The Balaban J connectivity index is 2.36. The van der Waals surface area contributed by atoms with E-state index in [0.717, 1.165) is 12.1 Å². The molecule has 1 saturated heterocycles. The van der Waals surface area contributed by atoms with Gasteiger partial charge in [-0.05, 0) is 19.0 Å². The van der Waals surface area contributed by atoms with E-state index in [2.05, 4.69) is 5.32 Å². The van der Waals surface area contributed by atoms with E-state index in [1.807, 2.05) is 0 Å². The van der Waals surface area contributed by atoms with Gasteiger partial charge in [0, 0.05) is 25.7 Å². The number of nitrogens with one attached hydrogen (secondary N) is 1. The summed E-state index contributed by atoms with van der Waals surface area (Å²) >= 11 is 0. The Morgan fingerprint density at radius 1 is 1.30 bits per heavy atom. The molecule has 20 heavy (non-hydrogen) atoms. The number of hydrogen-bond donors (Lipinski definition) is 1. The lowest BCUT2D eigenvalue weighted by Gasteiger charge is -2.19. The maximum atomic E-state index is 13.8. The maximum absolute atomic E-state index is 13.8. The predicted molar refractivity (Wildman–Crippen MR) is 69.3 cm³/mol. The minimum Gasteiger partial charge on any atom is -0.315 e. The fourth-order valence-corrected chi connectivity index (χ4v) is 3.54. The summed E-state index contributed by atoms with van der Waals surface area (Å²) in [5.41, 5.74) is -0.473. The van der Waals surface area contributed by atoms with Crippen LogP contribution in [0.5, 0.6) is 0 Å².